The second-order valence-electron chi connectivity index (χ2n) is 5.58. The highest BCUT2D eigenvalue weighted by Gasteiger charge is 2.06. The zero-order chi connectivity index (χ0) is 18.8. The zero-order valence-corrected chi connectivity index (χ0v) is 15.8. The van der Waals surface area contributed by atoms with Crippen molar-refractivity contribution in [3.05, 3.63) is 48.0 Å². The quantitative estimate of drug-likeness (QED) is 0.430. The van der Waals surface area contributed by atoms with E-state index in [9.17, 15) is 0 Å². The Morgan fingerprint density at radius 3 is 2.46 bits per heavy atom. The Bertz CT molecular complexity index is 715. The predicted molar refractivity (Wildman–Crippen MR) is 106 cm³/mol. The number of aliphatic imine (C=N–C) groups is 1. The van der Waals surface area contributed by atoms with E-state index >= 15 is 0 Å². The number of guanidine groups is 1. The van der Waals surface area contributed by atoms with Gasteiger partial charge in [0.25, 0.3) is 0 Å². The van der Waals surface area contributed by atoms with Gasteiger partial charge in [0, 0.05) is 18.8 Å². The van der Waals surface area contributed by atoms with Gasteiger partial charge < -0.3 is 24.8 Å². The molecule has 0 aliphatic carbocycles. The van der Waals surface area contributed by atoms with E-state index in [4.69, 9.17) is 14.2 Å². The number of ether oxygens (including phenoxy) is 3. The van der Waals surface area contributed by atoms with Crippen LogP contribution in [0.1, 0.15) is 12.5 Å². The van der Waals surface area contributed by atoms with Crippen molar-refractivity contribution in [1.29, 1.82) is 0 Å². The maximum atomic E-state index is 5.70. The second kappa shape index (κ2) is 10.2. The van der Waals surface area contributed by atoms with Gasteiger partial charge in [-0.05, 0) is 38.1 Å². The van der Waals surface area contributed by atoms with Crippen molar-refractivity contribution in [3.63, 3.8) is 0 Å². The molecule has 0 aliphatic rings. The van der Waals surface area contributed by atoms with Crippen molar-refractivity contribution in [2.45, 2.75) is 13.8 Å². The van der Waals surface area contributed by atoms with Crippen LogP contribution in [-0.2, 0) is 0 Å². The van der Waals surface area contributed by atoms with Gasteiger partial charge in [0.1, 0.15) is 12.4 Å². The third kappa shape index (κ3) is 5.88. The Morgan fingerprint density at radius 1 is 1.04 bits per heavy atom. The van der Waals surface area contributed by atoms with Crippen LogP contribution < -0.4 is 24.8 Å². The van der Waals surface area contributed by atoms with E-state index in [2.05, 4.69) is 22.5 Å². The molecular formula is C20H27N3O3. The van der Waals surface area contributed by atoms with Crippen LogP contribution >= 0.6 is 0 Å². The van der Waals surface area contributed by atoms with Crippen LogP contribution in [0.2, 0.25) is 0 Å². The first kappa shape index (κ1) is 19.4. The number of hydrogen-bond donors (Lipinski definition) is 2. The molecule has 0 radical (unpaired) electrons. The molecule has 0 bridgehead atoms. The molecule has 140 valence electrons. The molecule has 2 N–H and O–H groups in total. The van der Waals surface area contributed by atoms with E-state index in [-0.39, 0.29) is 0 Å². The normalized spacial score (nSPS) is 11.0. The first-order valence-electron chi connectivity index (χ1n) is 8.64. The van der Waals surface area contributed by atoms with E-state index in [0.717, 1.165) is 17.2 Å². The summed E-state index contributed by atoms with van der Waals surface area (Å²) in [6, 6.07) is 13.7. The van der Waals surface area contributed by atoms with E-state index < -0.39 is 0 Å². The molecule has 0 spiro atoms. The number of methoxy groups -OCH3 is 1. The average Bonchev–Trinajstić information content (AvgIpc) is 2.66. The number of anilines is 1. The summed E-state index contributed by atoms with van der Waals surface area (Å²) in [5.41, 5.74) is 2.07. The molecule has 2 rings (SSSR count). The van der Waals surface area contributed by atoms with Crippen molar-refractivity contribution in [2.75, 3.05) is 39.2 Å². The Balaban J connectivity index is 1.84. The summed E-state index contributed by atoms with van der Waals surface area (Å²) in [5.74, 6) is 2.91. The number of hydrogen-bond acceptors (Lipinski definition) is 4. The van der Waals surface area contributed by atoms with Crippen molar-refractivity contribution in [1.82, 2.24) is 5.32 Å². The van der Waals surface area contributed by atoms with Crippen molar-refractivity contribution < 1.29 is 14.2 Å². The minimum absolute atomic E-state index is 0.538. The van der Waals surface area contributed by atoms with Gasteiger partial charge in [-0.3, -0.25) is 4.99 Å². The van der Waals surface area contributed by atoms with Gasteiger partial charge in [0.2, 0.25) is 0 Å². The molecule has 0 unspecified atom stereocenters. The maximum absolute atomic E-state index is 5.70. The fourth-order valence-electron chi connectivity index (χ4n) is 2.31. The molecule has 0 amide bonds. The summed E-state index contributed by atoms with van der Waals surface area (Å²) in [7, 11) is 3.35. The highest BCUT2D eigenvalue weighted by Crippen LogP contribution is 2.30. The van der Waals surface area contributed by atoms with Crippen LogP contribution in [0.25, 0.3) is 0 Å². The zero-order valence-electron chi connectivity index (χ0n) is 15.8. The highest BCUT2D eigenvalue weighted by atomic mass is 16.5. The van der Waals surface area contributed by atoms with Crippen LogP contribution in [0.4, 0.5) is 5.69 Å². The minimum Gasteiger partial charge on any atom is -0.493 e. The van der Waals surface area contributed by atoms with Gasteiger partial charge >= 0.3 is 0 Å². The van der Waals surface area contributed by atoms with Gasteiger partial charge in [-0.2, -0.15) is 0 Å². The summed E-state index contributed by atoms with van der Waals surface area (Å²) < 4.78 is 16.6. The molecule has 0 fully saturated rings. The molecule has 0 aromatic heterocycles. The molecule has 26 heavy (non-hydrogen) atoms. The van der Waals surface area contributed by atoms with E-state index in [1.165, 1.54) is 5.56 Å². The molecular weight excluding hydrogens is 330 g/mol. The monoisotopic (exact) mass is 357 g/mol. The number of nitrogens with one attached hydrogen (secondary N) is 2. The van der Waals surface area contributed by atoms with Crippen molar-refractivity contribution >= 4 is 11.6 Å². The lowest BCUT2D eigenvalue weighted by Gasteiger charge is -2.15. The van der Waals surface area contributed by atoms with Crippen molar-refractivity contribution in [2.24, 2.45) is 4.99 Å². The first-order valence-corrected chi connectivity index (χ1v) is 8.64. The fourth-order valence-corrected chi connectivity index (χ4v) is 2.31. The Labute approximate surface area is 155 Å². The molecule has 0 saturated carbocycles. The van der Waals surface area contributed by atoms with Gasteiger partial charge in [-0.25, -0.2) is 0 Å². The summed E-state index contributed by atoms with van der Waals surface area (Å²) in [4.78, 5) is 4.22. The summed E-state index contributed by atoms with van der Waals surface area (Å²) in [6.07, 6.45) is 0. The van der Waals surface area contributed by atoms with Gasteiger partial charge in [-0.1, -0.05) is 17.7 Å². The molecule has 6 nitrogen and oxygen atoms in total. The van der Waals surface area contributed by atoms with Crippen LogP contribution in [0.5, 0.6) is 17.2 Å². The Morgan fingerprint density at radius 2 is 1.81 bits per heavy atom. The SMILES string of the molecule is CCOc1ccc(NC(=NC)NCCOc2ccc(C)cc2)cc1OC. The topological polar surface area (TPSA) is 64.1 Å². The molecule has 6 heteroatoms. The molecule has 2 aromatic rings. The van der Waals surface area contributed by atoms with Gasteiger partial charge in [-0.15, -0.1) is 0 Å². The first-order chi connectivity index (χ1) is 12.7. The third-order valence-electron chi connectivity index (χ3n) is 3.63. The van der Waals surface area contributed by atoms with Gasteiger partial charge in [0.05, 0.1) is 20.3 Å². The molecule has 0 saturated heterocycles. The van der Waals surface area contributed by atoms with Crippen LogP contribution in [0.3, 0.4) is 0 Å². The lowest BCUT2D eigenvalue weighted by atomic mass is 10.2. The molecule has 0 atom stereocenters. The fraction of sp³-hybridized carbons (Fsp3) is 0.350. The summed E-state index contributed by atoms with van der Waals surface area (Å²) in [6.45, 7) is 5.75. The molecule has 2 aromatic carbocycles. The third-order valence-corrected chi connectivity index (χ3v) is 3.63. The largest absolute Gasteiger partial charge is 0.493 e. The highest BCUT2D eigenvalue weighted by molar-refractivity contribution is 5.93. The van der Waals surface area contributed by atoms with Crippen LogP contribution in [0.15, 0.2) is 47.5 Å². The summed E-state index contributed by atoms with van der Waals surface area (Å²) >= 11 is 0. The number of benzene rings is 2. The lowest BCUT2D eigenvalue weighted by Crippen LogP contribution is -2.33. The summed E-state index contributed by atoms with van der Waals surface area (Å²) in [5, 5.41) is 6.45. The maximum Gasteiger partial charge on any atom is 0.195 e. The Kier molecular flexibility index (Phi) is 7.61. The lowest BCUT2D eigenvalue weighted by molar-refractivity contribution is 0.311. The van der Waals surface area contributed by atoms with E-state index in [1.54, 1.807) is 14.2 Å². The smallest absolute Gasteiger partial charge is 0.195 e. The molecule has 0 aliphatic heterocycles. The average molecular weight is 357 g/mol. The predicted octanol–water partition coefficient (Wildman–Crippen LogP) is 3.47. The van der Waals surface area contributed by atoms with Crippen LogP contribution in [0, 0.1) is 6.92 Å². The second-order valence-corrected chi connectivity index (χ2v) is 5.58. The van der Waals surface area contributed by atoms with E-state index in [0.29, 0.717) is 31.5 Å². The van der Waals surface area contributed by atoms with Crippen molar-refractivity contribution in [3.8, 4) is 17.2 Å². The number of nitrogens with zero attached hydrogens (tertiary/aromatic N) is 1. The minimum atomic E-state index is 0.538. The number of rotatable bonds is 8. The van der Waals surface area contributed by atoms with Gasteiger partial charge in [0.15, 0.2) is 17.5 Å². The van der Waals surface area contributed by atoms with Crippen LogP contribution in [-0.4, -0.2) is 39.9 Å². The number of aryl methyl sites for hydroxylation is 1. The molecule has 0 heterocycles. The Hall–Kier alpha value is -2.89. The van der Waals surface area contributed by atoms with E-state index in [1.807, 2.05) is 49.4 Å². The standard InChI is InChI=1S/C20H27N3O3/c1-5-25-18-11-8-16(14-19(18)24-4)23-20(21-3)22-12-13-26-17-9-6-15(2)7-10-17/h6-11,14H,5,12-13H2,1-4H3,(H2,21,22,23).